The van der Waals surface area contributed by atoms with Crippen LogP contribution in [0.5, 0.6) is 11.5 Å². The molecule has 1 atom stereocenters. The lowest BCUT2D eigenvalue weighted by Crippen LogP contribution is -2.31. The Kier molecular flexibility index (Phi) is 6.02. The molecular formula is C23H22BrNO6. The number of fused-ring (bicyclic) bond motifs is 2. The first kappa shape index (κ1) is 21.4. The molecular weight excluding hydrogens is 466 g/mol. The van der Waals surface area contributed by atoms with Gasteiger partial charge in [0.05, 0.1) is 23.6 Å². The van der Waals surface area contributed by atoms with Gasteiger partial charge in [-0.3, -0.25) is 9.59 Å². The predicted octanol–water partition coefficient (Wildman–Crippen LogP) is 4.24. The zero-order valence-corrected chi connectivity index (χ0v) is 18.8. The summed E-state index contributed by atoms with van der Waals surface area (Å²) in [6.45, 7) is 3.04. The highest BCUT2D eigenvalue weighted by Crippen LogP contribution is 2.41. The van der Waals surface area contributed by atoms with Crippen molar-refractivity contribution in [2.45, 2.75) is 19.4 Å². The van der Waals surface area contributed by atoms with Crippen molar-refractivity contribution in [2.75, 3.05) is 26.9 Å². The third-order valence-electron chi connectivity index (χ3n) is 5.27. The molecule has 1 aliphatic rings. The maximum absolute atomic E-state index is 13.5. The van der Waals surface area contributed by atoms with Gasteiger partial charge in [-0.1, -0.05) is 22.0 Å². The Bertz CT molecular complexity index is 1200. The van der Waals surface area contributed by atoms with E-state index in [0.29, 0.717) is 54.0 Å². The molecule has 1 amide bonds. The van der Waals surface area contributed by atoms with Crippen molar-refractivity contribution in [3.05, 3.63) is 68.0 Å². The van der Waals surface area contributed by atoms with Crippen LogP contribution in [0.1, 0.15) is 41.1 Å². The second kappa shape index (κ2) is 8.72. The Hall–Kier alpha value is -2.84. The molecule has 0 fully saturated rings. The number of hydrogen-bond acceptors (Lipinski definition) is 6. The van der Waals surface area contributed by atoms with Gasteiger partial charge in [0.15, 0.2) is 16.9 Å². The zero-order valence-electron chi connectivity index (χ0n) is 17.2. The van der Waals surface area contributed by atoms with Crippen LogP contribution in [0.3, 0.4) is 0 Å². The Labute approximate surface area is 187 Å². The van der Waals surface area contributed by atoms with E-state index < -0.39 is 6.04 Å². The van der Waals surface area contributed by atoms with Crippen LogP contribution in [0.25, 0.3) is 11.0 Å². The van der Waals surface area contributed by atoms with Crippen LogP contribution in [0.4, 0.5) is 0 Å². The van der Waals surface area contributed by atoms with Gasteiger partial charge in [0.25, 0.3) is 5.91 Å². The molecule has 1 unspecified atom stereocenters. The molecule has 1 aromatic heterocycles. The fourth-order valence-electron chi connectivity index (χ4n) is 3.92. The molecule has 1 N–H and O–H groups in total. The number of amides is 1. The molecule has 162 valence electrons. The van der Waals surface area contributed by atoms with E-state index in [2.05, 4.69) is 15.9 Å². The number of rotatable bonds is 7. The maximum Gasteiger partial charge on any atom is 0.290 e. The number of benzene rings is 2. The smallest absolute Gasteiger partial charge is 0.290 e. The average molecular weight is 488 g/mol. The number of ether oxygens (including phenoxy) is 2. The SMILES string of the molecule is CCOc1cc(C2c3c(oc4ccc(Br)cc4c3=O)C(=O)N2CCCOC)ccc1O. The molecule has 0 aliphatic carbocycles. The highest BCUT2D eigenvalue weighted by molar-refractivity contribution is 9.10. The normalized spacial score (nSPS) is 15.5. The fraction of sp³-hybridized carbons (Fsp3) is 0.304. The summed E-state index contributed by atoms with van der Waals surface area (Å²) in [6, 6.07) is 9.34. The van der Waals surface area contributed by atoms with E-state index in [-0.39, 0.29) is 22.8 Å². The molecule has 0 spiro atoms. The molecule has 0 saturated carbocycles. The topological polar surface area (TPSA) is 89.2 Å². The zero-order chi connectivity index (χ0) is 22.1. The quantitative estimate of drug-likeness (QED) is 0.501. The summed E-state index contributed by atoms with van der Waals surface area (Å²) in [7, 11) is 1.60. The minimum atomic E-state index is -0.654. The highest BCUT2D eigenvalue weighted by atomic mass is 79.9. The largest absolute Gasteiger partial charge is 0.504 e. The third-order valence-corrected chi connectivity index (χ3v) is 5.77. The molecule has 0 radical (unpaired) electrons. The number of halogens is 1. The number of methoxy groups -OCH3 is 1. The average Bonchev–Trinajstić information content (AvgIpc) is 3.03. The van der Waals surface area contributed by atoms with Gasteiger partial charge in [0, 0.05) is 24.7 Å². The van der Waals surface area contributed by atoms with Gasteiger partial charge in [-0.2, -0.15) is 0 Å². The number of aromatic hydroxyl groups is 1. The second-order valence-corrected chi connectivity index (χ2v) is 8.14. The van der Waals surface area contributed by atoms with E-state index in [1.807, 2.05) is 6.92 Å². The number of nitrogens with zero attached hydrogens (tertiary/aromatic N) is 1. The summed E-state index contributed by atoms with van der Waals surface area (Å²) in [5.41, 5.74) is 1.06. The third kappa shape index (κ3) is 3.81. The maximum atomic E-state index is 13.5. The van der Waals surface area contributed by atoms with Crippen molar-refractivity contribution in [1.82, 2.24) is 4.90 Å². The molecule has 31 heavy (non-hydrogen) atoms. The summed E-state index contributed by atoms with van der Waals surface area (Å²) >= 11 is 3.39. The Morgan fingerprint density at radius 3 is 2.74 bits per heavy atom. The first-order chi connectivity index (χ1) is 15.0. The number of phenolic OH excluding ortho intramolecular Hbond substituents is 1. The van der Waals surface area contributed by atoms with E-state index in [0.717, 1.165) is 4.47 Å². The summed E-state index contributed by atoms with van der Waals surface area (Å²) in [5, 5.41) is 10.5. The van der Waals surface area contributed by atoms with Crippen molar-refractivity contribution in [1.29, 1.82) is 0 Å². The molecule has 2 aromatic carbocycles. The van der Waals surface area contributed by atoms with Gasteiger partial charge in [-0.15, -0.1) is 0 Å². The molecule has 0 saturated heterocycles. The number of carbonyl (C=O) groups is 1. The first-order valence-electron chi connectivity index (χ1n) is 9.98. The van der Waals surface area contributed by atoms with Crippen molar-refractivity contribution < 1.29 is 23.8 Å². The molecule has 2 heterocycles. The van der Waals surface area contributed by atoms with Gasteiger partial charge < -0.3 is 23.9 Å². The summed E-state index contributed by atoms with van der Waals surface area (Å²) in [6.07, 6.45) is 0.600. The van der Waals surface area contributed by atoms with E-state index in [4.69, 9.17) is 13.9 Å². The van der Waals surface area contributed by atoms with Crippen molar-refractivity contribution in [2.24, 2.45) is 0 Å². The second-order valence-electron chi connectivity index (χ2n) is 7.22. The lowest BCUT2D eigenvalue weighted by molar-refractivity contribution is 0.0707. The van der Waals surface area contributed by atoms with Crippen LogP contribution in [0.2, 0.25) is 0 Å². The van der Waals surface area contributed by atoms with Crippen LogP contribution >= 0.6 is 15.9 Å². The fourth-order valence-corrected chi connectivity index (χ4v) is 4.28. The summed E-state index contributed by atoms with van der Waals surface area (Å²) in [4.78, 5) is 28.4. The van der Waals surface area contributed by atoms with Gasteiger partial charge >= 0.3 is 0 Å². The van der Waals surface area contributed by atoms with Gasteiger partial charge in [-0.05, 0) is 49.2 Å². The minimum absolute atomic E-state index is 0.00411. The van der Waals surface area contributed by atoms with E-state index in [1.54, 1.807) is 42.3 Å². The van der Waals surface area contributed by atoms with E-state index in [9.17, 15) is 14.7 Å². The molecule has 7 nitrogen and oxygen atoms in total. The number of hydrogen-bond donors (Lipinski definition) is 1. The lowest BCUT2D eigenvalue weighted by Gasteiger charge is -2.25. The van der Waals surface area contributed by atoms with Crippen LogP contribution in [0.15, 0.2) is 50.1 Å². The van der Waals surface area contributed by atoms with E-state index in [1.165, 1.54) is 6.07 Å². The highest BCUT2D eigenvalue weighted by Gasteiger charge is 2.42. The van der Waals surface area contributed by atoms with Crippen LogP contribution in [-0.2, 0) is 4.74 Å². The number of carbonyl (C=O) groups excluding carboxylic acids is 1. The Morgan fingerprint density at radius 2 is 2.00 bits per heavy atom. The molecule has 3 aromatic rings. The monoisotopic (exact) mass is 487 g/mol. The molecule has 1 aliphatic heterocycles. The van der Waals surface area contributed by atoms with Crippen molar-refractivity contribution in [3.8, 4) is 11.5 Å². The Balaban J connectivity index is 1.92. The molecule has 8 heteroatoms. The van der Waals surface area contributed by atoms with Crippen LogP contribution < -0.4 is 10.2 Å². The first-order valence-corrected chi connectivity index (χ1v) is 10.8. The standard InChI is InChI=1S/C23H22BrNO6/c1-3-30-18-11-13(5-7-16(18)26)20-19-21(27)15-12-14(24)6-8-17(15)31-22(19)23(28)25(20)9-4-10-29-2/h5-8,11-12,20,26H,3-4,9-10H2,1-2H3. The van der Waals surface area contributed by atoms with Crippen molar-refractivity contribution in [3.63, 3.8) is 0 Å². The molecule has 0 bridgehead atoms. The minimum Gasteiger partial charge on any atom is -0.504 e. The van der Waals surface area contributed by atoms with Gasteiger partial charge in [-0.25, -0.2) is 0 Å². The Morgan fingerprint density at radius 1 is 1.19 bits per heavy atom. The van der Waals surface area contributed by atoms with Crippen molar-refractivity contribution >= 4 is 32.8 Å². The van der Waals surface area contributed by atoms with Crippen LogP contribution in [-0.4, -0.2) is 42.8 Å². The van der Waals surface area contributed by atoms with Crippen LogP contribution in [0, 0.1) is 0 Å². The summed E-state index contributed by atoms with van der Waals surface area (Å²) < 4.78 is 17.3. The van der Waals surface area contributed by atoms with E-state index >= 15 is 0 Å². The predicted molar refractivity (Wildman–Crippen MR) is 119 cm³/mol. The van der Waals surface area contributed by atoms with Gasteiger partial charge in [0.2, 0.25) is 5.76 Å². The number of phenols is 1. The lowest BCUT2D eigenvalue weighted by atomic mass is 9.98. The van der Waals surface area contributed by atoms with Gasteiger partial charge in [0.1, 0.15) is 5.58 Å². The summed E-state index contributed by atoms with van der Waals surface area (Å²) in [5.74, 6) is -0.00134. The molecule has 4 rings (SSSR count).